The average molecular weight is 170 g/mol. The highest BCUT2D eigenvalue weighted by Gasteiger charge is 2.38. The summed E-state index contributed by atoms with van der Waals surface area (Å²) in [6, 6.07) is 0. The van der Waals surface area contributed by atoms with Crippen molar-refractivity contribution in [1.82, 2.24) is 0 Å². The van der Waals surface area contributed by atoms with Crippen LogP contribution in [0.1, 0.15) is 38.5 Å². The second-order valence-electron chi connectivity index (χ2n) is 4.10. The van der Waals surface area contributed by atoms with Crippen LogP contribution < -0.4 is 0 Å². The zero-order valence-electron chi connectivity index (χ0n) is 7.26. The van der Waals surface area contributed by atoms with Gasteiger partial charge in [-0.1, -0.05) is 12.8 Å². The molecule has 12 heavy (non-hydrogen) atoms. The van der Waals surface area contributed by atoms with Gasteiger partial charge in [0.25, 0.3) is 0 Å². The zero-order valence-corrected chi connectivity index (χ0v) is 7.26. The number of ketones is 1. The fourth-order valence-corrected chi connectivity index (χ4v) is 2.66. The summed E-state index contributed by atoms with van der Waals surface area (Å²) in [5.41, 5.74) is 0. The summed E-state index contributed by atoms with van der Waals surface area (Å²) in [5.74, 6) is 0.520. The van der Waals surface area contributed by atoms with E-state index in [1.54, 1.807) is 0 Å². The number of Topliss-reactive ketones (excluding diaryl/α,β-unsaturated/α-hetero) is 1. The predicted octanol–water partition coefficient (Wildman–Crippen LogP) is 2.49. The van der Waals surface area contributed by atoms with E-state index >= 15 is 0 Å². The Bertz CT molecular complexity index is 190. The Hall–Kier alpha value is -0.400. The van der Waals surface area contributed by atoms with Crippen molar-refractivity contribution in [3.8, 4) is 0 Å². The van der Waals surface area contributed by atoms with Gasteiger partial charge in [-0.2, -0.15) is 0 Å². The number of fused-ring (bicyclic) bond motifs is 1. The first-order valence-corrected chi connectivity index (χ1v) is 4.97. The number of rotatable bonds is 0. The van der Waals surface area contributed by atoms with Crippen molar-refractivity contribution >= 4 is 5.78 Å². The molecule has 0 aromatic heterocycles. The number of alkyl halides is 1. The van der Waals surface area contributed by atoms with Gasteiger partial charge in [-0.3, -0.25) is 4.79 Å². The number of hydrogen-bond acceptors (Lipinski definition) is 1. The van der Waals surface area contributed by atoms with Crippen LogP contribution in [0, 0.1) is 11.8 Å². The van der Waals surface area contributed by atoms with Gasteiger partial charge < -0.3 is 0 Å². The lowest BCUT2D eigenvalue weighted by atomic mass is 9.70. The third-order valence-corrected chi connectivity index (χ3v) is 3.37. The van der Waals surface area contributed by atoms with Crippen LogP contribution in [-0.4, -0.2) is 12.0 Å². The van der Waals surface area contributed by atoms with Crippen LogP contribution in [-0.2, 0) is 4.79 Å². The van der Waals surface area contributed by atoms with Crippen molar-refractivity contribution in [2.24, 2.45) is 11.8 Å². The van der Waals surface area contributed by atoms with Gasteiger partial charge in [-0.15, -0.1) is 0 Å². The second-order valence-corrected chi connectivity index (χ2v) is 4.10. The molecular weight excluding hydrogens is 155 g/mol. The molecule has 0 aromatic rings. The summed E-state index contributed by atoms with van der Waals surface area (Å²) in [6.07, 6.45) is 4.76. The van der Waals surface area contributed by atoms with Crippen molar-refractivity contribution in [2.75, 3.05) is 0 Å². The van der Waals surface area contributed by atoms with Crippen LogP contribution in [0.2, 0.25) is 0 Å². The summed E-state index contributed by atoms with van der Waals surface area (Å²) in [7, 11) is 0. The lowest BCUT2D eigenvalue weighted by molar-refractivity contribution is -0.134. The number of carbonyl (C=O) groups is 1. The first-order valence-electron chi connectivity index (χ1n) is 4.97. The Morgan fingerprint density at radius 2 is 1.83 bits per heavy atom. The highest BCUT2D eigenvalue weighted by molar-refractivity contribution is 5.86. The molecule has 0 amide bonds. The van der Waals surface area contributed by atoms with Gasteiger partial charge in [-0.05, 0) is 31.6 Å². The van der Waals surface area contributed by atoms with Crippen LogP contribution in [0.15, 0.2) is 0 Å². The summed E-state index contributed by atoms with van der Waals surface area (Å²) < 4.78 is 13.0. The van der Waals surface area contributed by atoms with Crippen molar-refractivity contribution in [1.29, 1.82) is 0 Å². The molecule has 2 aliphatic carbocycles. The minimum absolute atomic E-state index is 0.0856. The van der Waals surface area contributed by atoms with Gasteiger partial charge >= 0.3 is 0 Å². The third-order valence-electron chi connectivity index (χ3n) is 3.37. The standard InChI is InChI=1S/C10H15FO/c11-9-6-5-7-3-1-2-4-8(7)10(9)12/h7-9H,1-6H2/t7-,8+,9+/m0/s1. The molecule has 0 saturated heterocycles. The van der Waals surface area contributed by atoms with Gasteiger partial charge in [-0.25, -0.2) is 4.39 Å². The van der Waals surface area contributed by atoms with E-state index in [0.29, 0.717) is 12.3 Å². The number of carbonyl (C=O) groups excluding carboxylic acids is 1. The van der Waals surface area contributed by atoms with Crippen molar-refractivity contribution < 1.29 is 9.18 Å². The van der Waals surface area contributed by atoms with Gasteiger partial charge in [0.15, 0.2) is 12.0 Å². The van der Waals surface area contributed by atoms with E-state index < -0.39 is 6.17 Å². The molecule has 2 rings (SSSR count). The molecule has 2 aliphatic rings. The molecule has 0 spiro atoms. The van der Waals surface area contributed by atoms with E-state index in [4.69, 9.17) is 0 Å². The largest absolute Gasteiger partial charge is 0.296 e. The third kappa shape index (κ3) is 1.27. The first-order chi connectivity index (χ1) is 5.79. The molecule has 0 bridgehead atoms. The van der Waals surface area contributed by atoms with Gasteiger partial charge in [0.2, 0.25) is 0 Å². The van der Waals surface area contributed by atoms with Crippen LogP contribution in [0.5, 0.6) is 0 Å². The zero-order chi connectivity index (χ0) is 8.55. The molecule has 1 nitrogen and oxygen atoms in total. The predicted molar refractivity (Wildman–Crippen MR) is 44.6 cm³/mol. The molecule has 0 heterocycles. The Labute approximate surface area is 72.3 Å². The maximum atomic E-state index is 13.0. The highest BCUT2D eigenvalue weighted by atomic mass is 19.1. The van der Waals surface area contributed by atoms with E-state index in [1.807, 2.05) is 0 Å². The number of hydrogen-bond donors (Lipinski definition) is 0. The Balaban J connectivity index is 2.08. The lowest BCUT2D eigenvalue weighted by Gasteiger charge is -2.35. The molecule has 0 N–H and O–H groups in total. The topological polar surface area (TPSA) is 17.1 Å². The van der Waals surface area contributed by atoms with Gasteiger partial charge in [0.1, 0.15) is 0 Å². The summed E-state index contributed by atoms with van der Waals surface area (Å²) in [5, 5.41) is 0. The molecule has 0 aliphatic heterocycles. The summed E-state index contributed by atoms with van der Waals surface area (Å²) in [6.45, 7) is 0. The molecule has 2 fully saturated rings. The maximum absolute atomic E-state index is 13.0. The molecule has 0 aromatic carbocycles. The SMILES string of the molecule is O=C1[C@H](F)CC[C@@H]2CCCC[C@@H]12. The number of halogens is 1. The van der Waals surface area contributed by atoms with Crippen molar-refractivity contribution in [3.63, 3.8) is 0 Å². The molecule has 2 saturated carbocycles. The highest BCUT2D eigenvalue weighted by Crippen LogP contribution is 2.39. The quantitative estimate of drug-likeness (QED) is 0.546. The maximum Gasteiger partial charge on any atom is 0.170 e. The average Bonchev–Trinajstić information content (AvgIpc) is 2.12. The van der Waals surface area contributed by atoms with Crippen LogP contribution in [0.3, 0.4) is 0 Å². The van der Waals surface area contributed by atoms with Crippen molar-refractivity contribution in [2.45, 2.75) is 44.7 Å². The van der Waals surface area contributed by atoms with E-state index in [-0.39, 0.29) is 11.7 Å². The van der Waals surface area contributed by atoms with Crippen molar-refractivity contribution in [3.05, 3.63) is 0 Å². The molecule has 68 valence electrons. The summed E-state index contributed by atoms with van der Waals surface area (Å²) in [4.78, 5) is 11.4. The Morgan fingerprint density at radius 3 is 2.67 bits per heavy atom. The first kappa shape index (κ1) is 8.21. The van der Waals surface area contributed by atoms with Gasteiger partial charge in [0.05, 0.1) is 0 Å². The second kappa shape index (κ2) is 3.15. The molecular formula is C10H15FO. The molecule has 3 atom stereocenters. The van der Waals surface area contributed by atoms with E-state index in [2.05, 4.69) is 0 Å². The monoisotopic (exact) mass is 170 g/mol. The normalized spacial score (nSPS) is 42.4. The smallest absolute Gasteiger partial charge is 0.170 e. The van der Waals surface area contributed by atoms with E-state index in [1.165, 1.54) is 6.42 Å². The lowest BCUT2D eigenvalue weighted by Crippen LogP contribution is -2.37. The summed E-state index contributed by atoms with van der Waals surface area (Å²) >= 11 is 0. The minimum atomic E-state index is -1.13. The Morgan fingerprint density at radius 1 is 1.08 bits per heavy atom. The molecule has 0 unspecified atom stereocenters. The molecule has 2 heteroatoms. The fourth-order valence-electron chi connectivity index (χ4n) is 2.66. The fraction of sp³-hybridized carbons (Fsp3) is 0.900. The molecule has 0 radical (unpaired) electrons. The van der Waals surface area contributed by atoms with Crippen LogP contribution >= 0.6 is 0 Å². The van der Waals surface area contributed by atoms with E-state index in [0.717, 1.165) is 25.7 Å². The minimum Gasteiger partial charge on any atom is -0.296 e. The van der Waals surface area contributed by atoms with Crippen LogP contribution in [0.4, 0.5) is 4.39 Å². The van der Waals surface area contributed by atoms with E-state index in [9.17, 15) is 9.18 Å². The Kier molecular flexibility index (Phi) is 2.16. The van der Waals surface area contributed by atoms with Gasteiger partial charge in [0, 0.05) is 5.92 Å². The van der Waals surface area contributed by atoms with Crippen LogP contribution in [0.25, 0.3) is 0 Å².